The minimum Gasteiger partial charge on any atom is -0.495 e. The van der Waals surface area contributed by atoms with Crippen molar-refractivity contribution in [2.24, 2.45) is 0 Å². The molecule has 1 fully saturated rings. The fraction of sp³-hybridized carbons (Fsp3) is 0.316. The lowest BCUT2D eigenvalue weighted by Gasteiger charge is -2.37. The number of rotatable bonds is 4. The molecular formula is C19H19BrN2O3S. The number of halogens is 1. The van der Waals surface area contributed by atoms with Crippen molar-refractivity contribution >= 4 is 26.0 Å². The lowest BCUT2D eigenvalue weighted by molar-refractivity contribution is 0.276. The second-order valence-corrected chi connectivity index (χ2v) is 9.08. The number of nitrogens with zero attached hydrogens (tertiary/aromatic N) is 2. The van der Waals surface area contributed by atoms with Gasteiger partial charge in [-0.15, -0.1) is 0 Å². The van der Waals surface area contributed by atoms with Crippen LogP contribution in [0.5, 0.6) is 5.75 Å². The molecule has 0 N–H and O–H groups in total. The van der Waals surface area contributed by atoms with E-state index in [0.29, 0.717) is 36.2 Å². The van der Waals surface area contributed by atoms with Gasteiger partial charge in [0.15, 0.2) is 0 Å². The second-order valence-electron chi connectivity index (χ2n) is 6.26. The predicted molar refractivity (Wildman–Crippen MR) is 102 cm³/mol. The van der Waals surface area contributed by atoms with Gasteiger partial charge < -0.3 is 4.74 Å². The third-order valence-electron chi connectivity index (χ3n) is 4.86. The molecule has 1 aliphatic heterocycles. The summed E-state index contributed by atoms with van der Waals surface area (Å²) in [5.41, 5.74) is 0.300. The molecule has 2 aromatic rings. The Morgan fingerprint density at radius 2 is 1.81 bits per heavy atom. The first-order valence-electron chi connectivity index (χ1n) is 8.23. The standard InChI is InChI=1S/C19H19BrN2O3S/c1-25-17-8-7-16(20)13-18(17)26(23,24)22-11-9-19(14-21,10-12-22)15-5-3-2-4-6-15/h2-8,13H,9-12H2,1H3. The van der Waals surface area contributed by atoms with Crippen molar-refractivity contribution in [2.75, 3.05) is 20.2 Å². The molecule has 5 nitrogen and oxygen atoms in total. The summed E-state index contributed by atoms with van der Waals surface area (Å²) in [6, 6.07) is 16.9. The Kier molecular flexibility index (Phi) is 5.37. The van der Waals surface area contributed by atoms with Gasteiger partial charge in [0.2, 0.25) is 10.0 Å². The summed E-state index contributed by atoms with van der Waals surface area (Å²) in [6.45, 7) is 0.584. The molecule has 1 aliphatic rings. The van der Waals surface area contributed by atoms with Crippen LogP contribution in [0, 0.1) is 11.3 Å². The van der Waals surface area contributed by atoms with Gasteiger partial charge in [0.25, 0.3) is 0 Å². The molecule has 0 amide bonds. The van der Waals surface area contributed by atoms with Crippen LogP contribution >= 0.6 is 15.9 Å². The normalized spacial score (nSPS) is 17.4. The van der Waals surface area contributed by atoms with E-state index in [2.05, 4.69) is 22.0 Å². The number of sulfonamides is 1. The molecule has 1 saturated heterocycles. The molecule has 1 heterocycles. The summed E-state index contributed by atoms with van der Waals surface area (Å²) >= 11 is 3.32. The van der Waals surface area contributed by atoms with Crippen LogP contribution in [-0.4, -0.2) is 32.9 Å². The van der Waals surface area contributed by atoms with Crippen LogP contribution in [0.25, 0.3) is 0 Å². The maximum atomic E-state index is 13.1. The van der Waals surface area contributed by atoms with Gasteiger partial charge >= 0.3 is 0 Å². The zero-order valence-electron chi connectivity index (χ0n) is 14.4. The van der Waals surface area contributed by atoms with Crippen molar-refractivity contribution in [3.8, 4) is 11.8 Å². The molecule has 136 valence electrons. The highest BCUT2D eigenvalue weighted by Crippen LogP contribution is 2.38. The topological polar surface area (TPSA) is 70.4 Å². The van der Waals surface area contributed by atoms with Gasteiger partial charge in [0.1, 0.15) is 10.6 Å². The minimum absolute atomic E-state index is 0.138. The summed E-state index contributed by atoms with van der Waals surface area (Å²) in [7, 11) is -2.25. The number of ether oxygens (including phenoxy) is 1. The van der Waals surface area contributed by atoms with E-state index >= 15 is 0 Å². The third kappa shape index (κ3) is 3.37. The number of benzene rings is 2. The molecule has 0 atom stereocenters. The van der Waals surface area contributed by atoms with Crippen LogP contribution in [0.4, 0.5) is 0 Å². The smallest absolute Gasteiger partial charge is 0.246 e. The van der Waals surface area contributed by atoms with Gasteiger partial charge in [0, 0.05) is 17.6 Å². The van der Waals surface area contributed by atoms with E-state index in [1.807, 2.05) is 30.3 Å². The first kappa shape index (κ1) is 18.9. The van der Waals surface area contributed by atoms with Crippen molar-refractivity contribution in [1.29, 1.82) is 5.26 Å². The number of hydrogen-bond acceptors (Lipinski definition) is 4. The molecule has 0 bridgehead atoms. The van der Waals surface area contributed by atoms with Crippen LogP contribution < -0.4 is 4.74 Å². The van der Waals surface area contributed by atoms with Crippen molar-refractivity contribution in [2.45, 2.75) is 23.2 Å². The molecule has 0 aliphatic carbocycles. The fourth-order valence-electron chi connectivity index (χ4n) is 3.32. The Bertz CT molecular complexity index is 931. The highest BCUT2D eigenvalue weighted by molar-refractivity contribution is 9.10. The summed E-state index contributed by atoms with van der Waals surface area (Å²) in [5, 5.41) is 9.78. The molecule has 0 spiro atoms. The summed E-state index contributed by atoms with van der Waals surface area (Å²) in [4.78, 5) is 0.138. The number of nitriles is 1. The first-order valence-corrected chi connectivity index (χ1v) is 10.5. The van der Waals surface area contributed by atoms with E-state index in [1.54, 1.807) is 18.2 Å². The van der Waals surface area contributed by atoms with E-state index < -0.39 is 15.4 Å². The quantitative estimate of drug-likeness (QED) is 0.735. The predicted octanol–water partition coefficient (Wildman–Crippen LogP) is 3.70. The van der Waals surface area contributed by atoms with Crippen LogP contribution in [0.2, 0.25) is 0 Å². The molecule has 26 heavy (non-hydrogen) atoms. The molecule has 0 radical (unpaired) electrons. The summed E-state index contributed by atoms with van der Waals surface area (Å²) in [6.07, 6.45) is 0.923. The number of hydrogen-bond donors (Lipinski definition) is 0. The van der Waals surface area contributed by atoms with Crippen molar-refractivity contribution in [3.63, 3.8) is 0 Å². The first-order chi connectivity index (χ1) is 12.4. The van der Waals surface area contributed by atoms with Gasteiger partial charge in [-0.3, -0.25) is 0 Å². The Balaban J connectivity index is 1.88. The minimum atomic E-state index is -3.70. The van der Waals surface area contributed by atoms with Crippen LogP contribution in [0.15, 0.2) is 57.9 Å². The van der Waals surface area contributed by atoms with E-state index in [4.69, 9.17) is 4.74 Å². The summed E-state index contributed by atoms with van der Waals surface area (Å²) in [5.74, 6) is 0.313. The average Bonchev–Trinajstić information content (AvgIpc) is 2.68. The second kappa shape index (κ2) is 7.39. The highest BCUT2D eigenvalue weighted by atomic mass is 79.9. The molecule has 2 aromatic carbocycles. The Hall–Kier alpha value is -1.88. The van der Waals surface area contributed by atoms with E-state index in [9.17, 15) is 13.7 Å². The fourth-order valence-corrected chi connectivity index (χ4v) is 5.46. The Morgan fingerprint density at radius 1 is 1.15 bits per heavy atom. The lowest BCUT2D eigenvalue weighted by Crippen LogP contribution is -2.44. The molecular weight excluding hydrogens is 416 g/mol. The molecule has 0 aromatic heterocycles. The molecule has 0 saturated carbocycles. The Labute approximate surface area is 162 Å². The molecule has 7 heteroatoms. The van der Waals surface area contributed by atoms with Gasteiger partial charge in [-0.05, 0) is 36.6 Å². The van der Waals surface area contributed by atoms with Gasteiger partial charge in [-0.1, -0.05) is 46.3 Å². The monoisotopic (exact) mass is 434 g/mol. The number of piperidine rings is 1. The molecule has 3 rings (SSSR count). The van der Waals surface area contributed by atoms with Gasteiger partial charge in [0.05, 0.1) is 18.6 Å². The summed E-state index contributed by atoms with van der Waals surface area (Å²) < 4.78 is 33.5. The van der Waals surface area contributed by atoms with E-state index in [-0.39, 0.29) is 4.90 Å². The number of methoxy groups -OCH3 is 1. The van der Waals surface area contributed by atoms with Crippen molar-refractivity contribution in [1.82, 2.24) is 4.31 Å². The van der Waals surface area contributed by atoms with Gasteiger partial charge in [-0.25, -0.2) is 8.42 Å². The zero-order chi connectivity index (χ0) is 18.8. The Morgan fingerprint density at radius 3 is 2.38 bits per heavy atom. The van der Waals surface area contributed by atoms with E-state index in [0.717, 1.165) is 5.56 Å². The highest BCUT2D eigenvalue weighted by Gasteiger charge is 2.40. The third-order valence-corrected chi connectivity index (χ3v) is 7.27. The molecule has 0 unspecified atom stereocenters. The van der Waals surface area contributed by atoms with Gasteiger partial charge in [-0.2, -0.15) is 9.57 Å². The van der Waals surface area contributed by atoms with Crippen molar-refractivity contribution < 1.29 is 13.2 Å². The SMILES string of the molecule is COc1ccc(Br)cc1S(=O)(=O)N1CCC(C#N)(c2ccccc2)CC1. The maximum absolute atomic E-state index is 13.1. The van der Waals surface area contributed by atoms with Crippen LogP contribution in [0.3, 0.4) is 0 Å². The lowest BCUT2D eigenvalue weighted by atomic mass is 9.74. The van der Waals surface area contributed by atoms with Crippen LogP contribution in [0.1, 0.15) is 18.4 Å². The maximum Gasteiger partial charge on any atom is 0.246 e. The zero-order valence-corrected chi connectivity index (χ0v) is 16.8. The van der Waals surface area contributed by atoms with Crippen LogP contribution in [-0.2, 0) is 15.4 Å². The van der Waals surface area contributed by atoms with E-state index in [1.165, 1.54) is 11.4 Å². The average molecular weight is 435 g/mol. The van der Waals surface area contributed by atoms with Crippen molar-refractivity contribution in [3.05, 3.63) is 58.6 Å². The largest absolute Gasteiger partial charge is 0.495 e.